The van der Waals surface area contributed by atoms with E-state index in [0.717, 1.165) is 18.9 Å². The van der Waals surface area contributed by atoms with Crippen molar-refractivity contribution in [1.82, 2.24) is 0 Å². The van der Waals surface area contributed by atoms with Gasteiger partial charge in [0.25, 0.3) is 0 Å². The summed E-state index contributed by atoms with van der Waals surface area (Å²) >= 11 is 0. The van der Waals surface area contributed by atoms with Crippen LogP contribution in [0.1, 0.15) is 13.8 Å². The highest BCUT2D eigenvalue weighted by atomic mass is 31.1. The molecule has 9 heavy (non-hydrogen) atoms. The fourth-order valence-corrected chi connectivity index (χ4v) is 1.13. The predicted octanol–water partition coefficient (Wildman–Crippen LogP) is 1.43. The lowest BCUT2D eigenvalue weighted by Gasteiger charge is -2.05. The third-order valence-corrected chi connectivity index (χ3v) is 2.49. The summed E-state index contributed by atoms with van der Waals surface area (Å²) in [6, 6.07) is 0. The molecule has 0 rings (SSSR count). The lowest BCUT2D eigenvalue weighted by Crippen LogP contribution is -1.98. The average molecular weight is 150 g/mol. The third-order valence-electron chi connectivity index (χ3n) is 1.06. The van der Waals surface area contributed by atoms with Crippen molar-refractivity contribution >= 4 is 8.15 Å². The van der Waals surface area contributed by atoms with Gasteiger partial charge in [-0.25, -0.2) is 0 Å². The molecule has 0 aliphatic heterocycles. The van der Waals surface area contributed by atoms with E-state index in [1.54, 1.807) is 0 Å². The molecule has 1 unspecified atom stereocenters. The fraction of sp³-hybridized carbons (Fsp3) is 1.00. The standard InChI is InChI=1S/C6H15O2P/c1-3-8-5-6-9(7)4-2/h7H,3-6H2,1-2H3. The lowest BCUT2D eigenvalue weighted by atomic mass is 10.8. The quantitative estimate of drug-likeness (QED) is 0.474. The molecule has 0 spiro atoms. The average Bonchev–Trinajstić information content (AvgIpc) is 1.89. The summed E-state index contributed by atoms with van der Waals surface area (Å²) in [5.41, 5.74) is 0. The summed E-state index contributed by atoms with van der Waals surface area (Å²) in [5.74, 6) is 0. The molecule has 1 N–H and O–H groups in total. The van der Waals surface area contributed by atoms with Crippen molar-refractivity contribution in [2.75, 3.05) is 25.5 Å². The Balaban J connectivity index is 2.88. The van der Waals surface area contributed by atoms with E-state index >= 15 is 0 Å². The van der Waals surface area contributed by atoms with Crippen LogP contribution in [-0.4, -0.2) is 30.4 Å². The van der Waals surface area contributed by atoms with Gasteiger partial charge < -0.3 is 9.63 Å². The Morgan fingerprint density at radius 2 is 2.11 bits per heavy atom. The van der Waals surface area contributed by atoms with Crippen molar-refractivity contribution in [3.8, 4) is 0 Å². The fourth-order valence-electron chi connectivity index (χ4n) is 0.472. The summed E-state index contributed by atoms with van der Waals surface area (Å²) in [6.07, 6.45) is 1.72. The van der Waals surface area contributed by atoms with Crippen molar-refractivity contribution in [1.29, 1.82) is 0 Å². The molecule has 0 aromatic heterocycles. The van der Waals surface area contributed by atoms with E-state index in [9.17, 15) is 0 Å². The summed E-state index contributed by atoms with van der Waals surface area (Å²) in [4.78, 5) is 9.07. The first-order valence-corrected chi connectivity index (χ1v) is 4.99. The lowest BCUT2D eigenvalue weighted by molar-refractivity contribution is 0.163. The normalized spacial score (nSPS) is 13.7. The van der Waals surface area contributed by atoms with Crippen molar-refractivity contribution in [2.24, 2.45) is 0 Å². The molecule has 3 heteroatoms. The summed E-state index contributed by atoms with van der Waals surface area (Å²) in [6.45, 7) is 5.43. The Morgan fingerprint density at radius 3 is 2.56 bits per heavy atom. The monoisotopic (exact) mass is 150 g/mol. The molecule has 0 heterocycles. The van der Waals surface area contributed by atoms with Crippen molar-refractivity contribution in [3.05, 3.63) is 0 Å². The molecular weight excluding hydrogens is 135 g/mol. The zero-order chi connectivity index (χ0) is 7.11. The molecule has 0 saturated carbocycles. The predicted molar refractivity (Wildman–Crippen MR) is 41.0 cm³/mol. The van der Waals surface area contributed by atoms with Gasteiger partial charge in [-0.1, -0.05) is 6.92 Å². The molecule has 0 aliphatic carbocycles. The van der Waals surface area contributed by atoms with Gasteiger partial charge in [0.1, 0.15) is 0 Å². The van der Waals surface area contributed by atoms with E-state index in [2.05, 4.69) is 0 Å². The molecule has 1 atom stereocenters. The van der Waals surface area contributed by atoms with E-state index in [1.807, 2.05) is 13.8 Å². The molecule has 0 radical (unpaired) electrons. The molecule has 0 bridgehead atoms. The van der Waals surface area contributed by atoms with Crippen LogP contribution in [0.25, 0.3) is 0 Å². The maximum atomic E-state index is 9.07. The highest BCUT2D eigenvalue weighted by Crippen LogP contribution is 2.27. The van der Waals surface area contributed by atoms with Crippen LogP contribution in [0.4, 0.5) is 0 Å². The zero-order valence-corrected chi connectivity index (χ0v) is 7.03. The first-order valence-electron chi connectivity index (χ1n) is 3.32. The molecular formula is C6H15O2P. The SMILES string of the molecule is CCOCCP(O)CC. The second-order valence-corrected chi connectivity index (χ2v) is 3.84. The van der Waals surface area contributed by atoms with Crippen LogP contribution >= 0.6 is 8.15 Å². The second kappa shape index (κ2) is 6.47. The Bertz CT molecular complexity index is 59.0. The molecule has 56 valence electrons. The maximum absolute atomic E-state index is 9.07. The Kier molecular flexibility index (Phi) is 6.72. The van der Waals surface area contributed by atoms with Gasteiger partial charge in [0, 0.05) is 20.9 Å². The zero-order valence-electron chi connectivity index (χ0n) is 6.13. The number of hydrogen-bond acceptors (Lipinski definition) is 2. The molecule has 0 aromatic rings. The van der Waals surface area contributed by atoms with E-state index < -0.39 is 8.15 Å². The molecule has 2 nitrogen and oxygen atoms in total. The topological polar surface area (TPSA) is 29.5 Å². The maximum Gasteiger partial charge on any atom is 0.0526 e. The van der Waals surface area contributed by atoms with Crippen LogP contribution in [0.15, 0.2) is 0 Å². The first kappa shape index (κ1) is 9.35. The van der Waals surface area contributed by atoms with Gasteiger partial charge in [-0.3, -0.25) is 0 Å². The van der Waals surface area contributed by atoms with Crippen LogP contribution in [-0.2, 0) is 4.74 Å². The number of ether oxygens (including phenoxy) is 1. The first-order chi connectivity index (χ1) is 4.31. The van der Waals surface area contributed by atoms with Gasteiger partial charge in [-0.15, -0.1) is 0 Å². The van der Waals surface area contributed by atoms with Gasteiger partial charge in [0.15, 0.2) is 0 Å². The molecule has 0 aliphatic rings. The Labute approximate surface area is 58.1 Å². The van der Waals surface area contributed by atoms with Gasteiger partial charge in [-0.2, -0.15) is 0 Å². The van der Waals surface area contributed by atoms with Gasteiger partial charge in [0.2, 0.25) is 0 Å². The number of rotatable bonds is 5. The van der Waals surface area contributed by atoms with Crippen LogP contribution in [0.5, 0.6) is 0 Å². The largest absolute Gasteiger partial charge is 0.381 e. The van der Waals surface area contributed by atoms with Gasteiger partial charge in [0.05, 0.1) is 6.61 Å². The highest BCUT2D eigenvalue weighted by molar-refractivity contribution is 7.51. The van der Waals surface area contributed by atoms with Gasteiger partial charge in [-0.05, 0) is 13.1 Å². The molecule has 0 amide bonds. The van der Waals surface area contributed by atoms with Crippen LogP contribution in [0.2, 0.25) is 0 Å². The van der Waals surface area contributed by atoms with Crippen LogP contribution in [0, 0.1) is 0 Å². The van der Waals surface area contributed by atoms with Crippen LogP contribution in [0.3, 0.4) is 0 Å². The van der Waals surface area contributed by atoms with Gasteiger partial charge >= 0.3 is 0 Å². The van der Waals surface area contributed by atoms with Crippen molar-refractivity contribution in [2.45, 2.75) is 13.8 Å². The van der Waals surface area contributed by atoms with E-state index in [0.29, 0.717) is 6.61 Å². The minimum Gasteiger partial charge on any atom is -0.381 e. The van der Waals surface area contributed by atoms with Crippen LogP contribution < -0.4 is 0 Å². The van der Waals surface area contributed by atoms with E-state index in [1.165, 1.54) is 0 Å². The minimum atomic E-state index is -0.715. The van der Waals surface area contributed by atoms with Crippen molar-refractivity contribution < 1.29 is 9.63 Å². The summed E-state index contributed by atoms with van der Waals surface area (Å²) < 4.78 is 5.06. The second-order valence-electron chi connectivity index (χ2n) is 1.74. The third kappa shape index (κ3) is 6.23. The minimum absolute atomic E-state index is 0.715. The smallest absolute Gasteiger partial charge is 0.0526 e. The molecule has 0 fully saturated rings. The van der Waals surface area contributed by atoms with E-state index in [-0.39, 0.29) is 0 Å². The Morgan fingerprint density at radius 1 is 1.44 bits per heavy atom. The summed E-state index contributed by atoms with van der Waals surface area (Å²) in [5, 5.41) is 0. The number of hydrogen-bond donors (Lipinski definition) is 1. The molecule has 0 aromatic carbocycles. The highest BCUT2D eigenvalue weighted by Gasteiger charge is 1.97. The summed E-state index contributed by atoms with van der Waals surface area (Å²) in [7, 11) is -0.715. The van der Waals surface area contributed by atoms with Crippen molar-refractivity contribution in [3.63, 3.8) is 0 Å². The molecule has 0 saturated heterocycles. The van der Waals surface area contributed by atoms with E-state index in [4.69, 9.17) is 9.63 Å². The Hall–Kier alpha value is 0.350.